The summed E-state index contributed by atoms with van der Waals surface area (Å²) in [6.07, 6.45) is 10.8. The lowest BCUT2D eigenvalue weighted by Gasteiger charge is -2.38. The predicted octanol–water partition coefficient (Wildman–Crippen LogP) is 3.77. The van der Waals surface area contributed by atoms with E-state index in [-0.39, 0.29) is 6.04 Å². The van der Waals surface area contributed by atoms with Gasteiger partial charge in [0.05, 0.1) is 29.5 Å². The summed E-state index contributed by atoms with van der Waals surface area (Å²) in [5, 5.41) is 10.1. The number of anilines is 2. The number of piperidine rings is 2. The molecular weight excluding hydrogens is 492 g/mol. The highest BCUT2D eigenvalue weighted by Crippen LogP contribution is 2.35. The van der Waals surface area contributed by atoms with Crippen molar-refractivity contribution in [1.82, 2.24) is 29.5 Å². The van der Waals surface area contributed by atoms with Gasteiger partial charge in [-0.15, -0.1) is 0 Å². The number of likely N-dealkylation sites (tertiary alicyclic amines) is 2. The lowest BCUT2D eigenvalue weighted by Crippen LogP contribution is -2.46. The molecule has 0 aliphatic carbocycles. The summed E-state index contributed by atoms with van der Waals surface area (Å²) in [5.74, 6) is -0.620. The van der Waals surface area contributed by atoms with Gasteiger partial charge in [-0.1, -0.05) is 19.1 Å². The first-order chi connectivity index (χ1) is 18.9. The smallest absolute Gasteiger partial charge is 0.313 e. The van der Waals surface area contributed by atoms with Crippen LogP contribution >= 0.6 is 0 Å². The van der Waals surface area contributed by atoms with E-state index in [1.54, 1.807) is 23.4 Å². The van der Waals surface area contributed by atoms with Gasteiger partial charge in [-0.2, -0.15) is 5.10 Å². The van der Waals surface area contributed by atoms with Gasteiger partial charge in [0.2, 0.25) is 0 Å². The molecule has 3 N–H and O–H groups in total. The number of carbonyl (C=O) groups excluding carboxylic acids is 2. The molecule has 0 spiro atoms. The number of hydrogen-bond donors (Lipinski definition) is 2. The van der Waals surface area contributed by atoms with Crippen LogP contribution in [0, 0.1) is 5.92 Å². The monoisotopic (exact) mass is 526 g/mol. The molecule has 2 atom stereocenters. The number of nitrogens with one attached hydrogen (secondary N) is 1. The van der Waals surface area contributed by atoms with Crippen LogP contribution in [0.1, 0.15) is 50.3 Å². The van der Waals surface area contributed by atoms with Crippen LogP contribution in [-0.2, 0) is 9.59 Å². The summed E-state index contributed by atoms with van der Waals surface area (Å²) in [7, 11) is 2.16. The quantitative estimate of drug-likeness (QED) is 0.390. The molecule has 0 radical (unpaired) electrons. The molecule has 4 aromatic rings. The first kappa shape index (κ1) is 25.2. The van der Waals surface area contributed by atoms with E-state index >= 15 is 0 Å². The number of aromatic nitrogens is 4. The molecule has 10 heteroatoms. The summed E-state index contributed by atoms with van der Waals surface area (Å²) in [5.41, 5.74) is 8.34. The summed E-state index contributed by atoms with van der Waals surface area (Å²) < 4.78 is 2.11. The second-order valence-electron chi connectivity index (χ2n) is 11.1. The third kappa shape index (κ3) is 4.92. The topological polar surface area (TPSA) is 122 Å². The highest BCUT2D eigenvalue weighted by molar-refractivity contribution is 6.40. The first-order valence-corrected chi connectivity index (χ1v) is 13.6. The van der Waals surface area contributed by atoms with Crippen LogP contribution < -0.4 is 11.1 Å². The van der Waals surface area contributed by atoms with Crippen molar-refractivity contribution in [3.05, 3.63) is 54.6 Å². The zero-order chi connectivity index (χ0) is 27.1. The Morgan fingerprint density at radius 2 is 1.87 bits per heavy atom. The fourth-order valence-electron chi connectivity index (χ4n) is 5.95. The van der Waals surface area contributed by atoms with Crippen molar-refractivity contribution >= 4 is 45.0 Å². The van der Waals surface area contributed by atoms with Crippen molar-refractivity contribution in [3.8, 4) is 0 Å². The summed E-state index contributed by atoms with van der Waals surface area (Å²) in [4.78, 5) is 39.1. The molecule has 3 aromatic heterocycles. The maximum absolute atomic E-state index is 13.6. The van der Waals surface area contributed by atoms with Gasteiger partial charge >= 0.3 is 11.8 Å². The maximum atomic E-state index is 13.6. The van der Waals surface area contributed by atoms with Crippen molar-refractivity contribution in [2.45, 2.75) is 44.7 Å². The molecule has 39 heavy (non-hydrogen) atoms. The lowest BCUT2D eigenvalue weighted by atomic mass is 9.89. The fraction of sp³-hybridized carbons (Fsp3) is 0.414. The first-order valence-electron chi connectivity index (χ1n) is 13.6. The van der Waals surface area contributed by atoms with Gasteiger partial charge in [0.25, 0.3) is 0 Å². The maximum Gasteiger partial charge on any atom is 0.313 e. The molecular formula is C29H34N8O2. The van der Waals surface area contributed by atoms with Crippen molar-refractivity contribution < 1.29 is 9.59 Å². The number of carbonyl (C=O) groups is 2. The molecule has 5 heterocycles. The second-order valence-corrected chi connectivity index (χ2v) is 11.1. The van der Waals surface area contributed by atoms with Crippen LogP contribution in [0.5, 0.6) is 0 Å². The highest BCUT2D eigenvalue weighted by atomic mass is 16.2. The number of hydrogen-bond acceptors (Lipinski definition) is 7. The van der Waals surface area contributed by atoms with Gasteiger partial charge in [0.1, 0.15) is 5.82 Å². The number of benzene rings is 1. The van der Waals surface area contributed by atoms with E-state index in [0.29, 0.717) is 40.8 Å². The van der Waals surface area contributed by atoms with Gasteiger partial charge in [-0.3, -0.25) is 19.3 Å². The van der Waals surface area contributed by atoms with Gasteiger partial charge in [0, 0.05) is 41.3 Å². The van der Waals surface area contributed by atoms with Crippen LogP contribution in [0.15, 0.2) is 49.1 Å². The third-order valence-corrected chi connectivity index (χ3v) is 8.24. The zero-order valence-corrected chi connectivity index (χ0v) is 22.4. The molecule has 6 rings (SSSR count). The molecule has 2 fully saturated rings. The van der Waals surface area contributed by atoms with Crippen molar-refractivity contribution in [1.29, 1.82) is 0 Å². The fourth-order valence-corrected chi connectivity index (χ4v) is 5.95. The van der Waals surface area contributed by atoms with Crippen LogP contribution in [0.3, 0.4) is 0 Å². The molecule has 0 saturated carbocycles. The highest BCUT2D eigenvalue weighted by Gasteiger charge is 2.34. The molecule has 0 unspecified atom stereocenters. The molecule has 2 amide bonds. The van der Waals surface area contributed by atoms with Crippen molar-refractivity contribution in [3.63, 3.8) is 0 Å². The number of pyridine rings is 2. The van der Waals surface area contributed by atoms with Gasteiger partial charge < -0.3 is 20.9 Å². The van der Waals surface area contributed by atoms with E-state index in [4.69, 9.17) is 10.8 Å². The lowest BCUT2D eigenvalue weighted by molar-refractivity contribution is -0.146. The largest absolute Gasteiger partial charge is 0.383 e. The van der Waals surface area contributed by atoms with E-state index in [2.05, 4.69) is 63.2 Å². The molecule has 2 aliphatic heterocycles. The average Bonchev–Trinajstić information content (AvgIpc) is 3.37. The molecule has 1 aromatic carbocycles. The predicted molar refractivity (Wildman–Crippen MR) is 151 cm³/mol. The standard InChI is InChI=1S/C29H34N8O2/c1-18-3-6-26(19-4-5-20-17-37(34-24(20)13-19)21-8-11-35(2)12-9-21)36(16-18)29(39)28(38)33-25-15-31-14-23-22(25)7-10-32-27(23)30/h4-5,7,10,13-15,17-18,21,26H,3,6,8-9,11-12,16H2,1-2H3,(H2,30,32)(H,33,38)/t18-,26+/m0/s1. The summed E-state index contributed by atoms with van der Waals surface area (Å²) >= 11 is 0. The van der Waals surface area contributed by atoms with Crippen LogP contribution in [0.2, 0.25) is 0 Å². The van der Waals surface area contributed by atoms with Crippen LogP contribution in [0.25, 0.3) is 21.7 Å². The minimum atomic E-state index is -0.689. The Morgan fingerprint density at radius 3 is 2.69 bits per heavy atom. The Bertz CT molecular complexity index is 1540. The van der Waals surface area contributed by atoms with E-state index in [1.165, 1.54) is 6.20 Å². The Hall–Kier alpha value is -4.05. The minimum absolute atomic E-state index is 0.192. The molecule has 2 saturated heterocycles. The van der Waals surface area contributed by atoms with E-state index in [0.717, 1.165) is 55.2 Å². The summed E-state index contributed by atoms with van der Waals surface area (Å²) in [6, 6.07) is 8.21. The number of nitrogens with zero attached hydrogens (tertiary/aromatic N) is 6. The van der Waals surface area contributed by atoms with E-state index in [9.17, 15) is 9.59 Å². The van der Waals surface area contributed by atoms with Crippen molar-refractivity contribution in [2.24, 2.45) is 5.92 Å². The SMILES string of the molecule is C[C@H]1CC[C@H](c2ccc3cn(C4CCN(C)CC4)nc3c2)N(C(=O)C(=O)Nc2cncc3c(N)nccc23)C1. The number of nitrogen functional groups attached to an aromatic ring is 1. The third-order valence-electron chi connectivity index (χ3n) is 8.24. The van der Waals surface area contributed by atoms with Crippen LogP contribution in [-0.4, -0.2) is 68.0 Å². The van der Waals surface area contributed by atoms with E-state index in [1.807, 2.05) is 0 Å². The molecule has 10 nitrogen and oxygen atoms in total. The van der Waals surface area contributed by atoms with Crippen molar-refractivity contribution in [2.75, 3.05) is 37.7 Å². The molecule has 0 bridgehead atoms. The van der Waals surface area contributed by atoms with Gasteiger partial charge in [-0.05, 0) is 69.4 Å². The molecule has 2 aliphatic rings. The Balaban J connectivity index is 1.24. The van der Waals surface area contributed by atoms with E-state index < -0.39 is 11.8 Å². The number of rotatable bonds is 3. The number of nitrogens with two attached hydrogens (primary N) is 1. The normalized spacial score (nSPS) is 20.9. The number of fused-ring (bicyclic) bond motifs is 2. The Morgan fingerprint density at radius 1 is 1.05 bits per heavy atom. The minimum Gasteiger partial charge on any atom is -0.383 e. The number of amides is 2. The second kappa shape index (κ2) is 10.3. The Labute approximate surface area is 227 Å². The molecule has 202 valence electrons. The zero-order valence-electron chi connectivity index (χ0n) is 22.4. The van der Waals surface area contributed by atoms with Gasteiger partial charge in [0.15, 0.2) is 0 Å². The Kier molecular flexibility index (Phi) is 6.64. The average molecular weight is 527 g/mol. The van der Waals surface area contributed by atoms with Crippen LogP contribution in [0.4, 0.5) is 11.5 Å². The summed E-state index contributed by atoms with van der Waals surface area (Å²) in [6.45, 7) is 4.78. The van der Waals surface area contributed by atoms with Gasteiger partial charge in [-0.25, -0.2) is 4.98 Å².